The smallest absolute Gasteiger partial charge is 0.244 e. The number of hydrogen-bond donors (Lipinski definition) is 1. The number of carbonyl (C=O) groups is 2. The first-order valence-corrected chi connectivity index (χ1v) is 13.1. The number of amides is 2. The summed E-state index contributed by atoms with van der Waals surface area (Å²) >= 11 is 6.00. The van der Waals surface area contributed by atoms with E-state index in [2.05, 4.69) is 5.32 Å². The van der Waals surface area contributed by atoms with Crippen molar-refractivity contribution in [2.75, 3.05) is 23.7 Å². The van der Waals surface area contributed by atoms with Gasteiger partial charge in [0.05, 0.1) is 11.9 Å². The fraction of sp³-hybridized carbons (Fsp3) is 0.417. The van der Waals surface area contributed by atoms with Gasteiger partial charge in [0.1, 0.15) is 18.4 Å². The predicted molar refractivity (Wildman–Crippen MR) is 133 cm³/mol. The minimum atomic E-state index is -3.86. The molecule has 1 unspecified atom stereocenters. The lowest BCUT2D eigenvalue weighted by atomic mass is 10.1. The molecule has 0 saturated carbocycles. The molecule has 0 radical (unpaired) electrons. The van der Waals surface area contributed by atoms with Gasteiger partial charge >= 0.3 is 0 Å². The van der Waals surface area contributed by atoms with Gasteiger partial charge in [-0.15, -0.1) is 0 Å². The first-order chi connectivity index (χ1) is 15.8. The van der Waals surface area contributed by atoms with E-state index in [0.29, 0.717) is 22.8 Å². The van der Waals surface area contributed by atoms with Crippen LogP contribution in [0, 0.1) is 18.7 Å². The quantitative estimate of drug-likeness (QED) is 0.526. The molecule has 0 aliphatic rings. The van der Waals surface area contributed by atoms with Gasteiger partial charge < -0.3 is 10.2 Å². The molecule has 0 saturated heterocycles. The number of nitrogens with zero attached hydrogens (tertiary/aromatic N) is 2. The predicted octanol–water partition coefficient (Wildman–Crippen LogP) is 3.74. The minimum absolute atomic E-state index is 0.195. The standard InChI is InChI=1S/C24H31ClFN3O4S/c1-16(2)13-27-24(31)18(4)28(14-19-8-6-7-9-21(19)26)23(30)15-29(34(5,32)33)22-11-10-20(25)12-17(22)3/h6-12,16,18H,13-15H2,1-5H3,(H,27,31). The summed E-state index contributed by atoms with van der Waals surface area (Å²) < 4.78 is 40.6. The minimum Gasteiger partial charge on any atom is -0.354 e. The van der Waals surface area contributed by atoms with Gasteiger partial charge in [-0.05, 0) is 49.6 Å². The van der Waals surface area contributed by atoms with E-state index < -0.39 is 40.2 Å². The monoisotopic (exact) mass is 511 g/mol. The fourth-order valence-corrected chi connectivity index (χ4v) is 4.47. The molecule has 1 atom stereocenters. The van der Waals surface area contributed by atoms with Crippen molar-refractivity contribution >= 4 is 39.1 Å². The topological polar surface area (TPSA) is 86.8 Å². The summed E-state index contributed by atoms with van der Waals surface area (Å²) in [5.74, 6) is -1.38. The van der Waals surface area contributed by atoms with Crippen LogP contribution in [-0.4, -0.2) is 50.5 Å². The maximum Gasteiger partial charge on any atom is 0.244 e. The lowest BCUT2D eigenvalue weighted by molar-refractivity contribution is -0.139. The Labute approximate surface area is 205 Å². The maximum atomic E-state index is 14.4. The summed E-state index contributed by atoms with van der Waals surface area (Å²) in [4.78, 5) is 27.4. The average molecular weight is 512 g/mol. The first-order valence-electron chi connectivity index (χ1n) is 10.9. The van der Waals surface area contributed by atoms with Crippen LogP contribution in [0.4, 0.5) is 10.1 Å². The van der Waals surface area contributed by atoms with Crippen LogP contribution in [0.15, 0.2) is 42.5 Å². The van der Waals surface area contributed by atoms with Crippen molar-refractivity contribution in [1.82, 2.24) is 10.2 Å². The Morgan fingerprint density at radius 3 is 2.32 bits per heavy atom. The van der Waals surface area contributed by atoms with Crippen molar-refractivity contribution < 1.29 is 22.4 Å². The maximum absolute atomic E-state index is 14.4. The number of benzene rings is 2. The van der Waals surface area contributed by atoms with Gasteiger partial charge in [-0.1, -0.05) is 43.6 Å². The van der Waals surface area contributed by atoms with Crippen molar-refractivity contribution in [3.8, 4) is 0 Å². The van der Waals surface area contributed by atoms with Crippen LogP contribution < -0.4 is 9.62 Å². The molecule has 34 heavy (non-hydrogen) atoms. The zero-order valence-electron chi connectivity index (χ0n) is 20.0. The van der Waals surface area contributed by atoms with E-state index in [9.17, 15) is 22.4 Å². The third kappa shape index (κ3) is 7.43. The molecule has 0 bridgehead atoms. The SMILES string of the molecule is Cc1cc(Cl)ccc1N(CC(=O)N(Cc1ccccc1F)C(C)C(=O)NCC(C)C)S(C)(=O)=O. The third-order valence-electron chi connectivity index (χ3n) is 5.26. The molecule has 2 aromatic carbocycles. The summed E-state index contributed by atoms with van der Waals surface area (Å²) in [5.41, 5.74) is 1.07. The first kappa shape index (κ1) is 27.6. The van der Waals surface area contributed by atoms with Gasteiger partial charge in [-0.3, -0.25) is 13.9 Å². The van der Waals surface area contributed by atoms with E-state index in [1.54, 1.807) is 19.1 Å². The van der Waals surface area contributed by atoms with Crippen molar-refractivity contribution in [3.63, 3.8) is 0 Å². The molecule has 0 aliphatic carbocycles. The van der Waals surface area contributed by atoms with Crippen LogP contribution >= 0.6 is 11.6 Å². The summed E-state index contributed by atoms with van der Waals surface area (Å²) in [7, 11) is -3.86. The Morgan fingerprint density at radius 1 is 1.12 bits per heavy atom. The summed E-state index contributed by atoms with van der Waals surface area (Å²) in [6, 6.07) is 9.63. The average Bonchev–Trinajstić information content (AvgIpc) is 2.74. The summed E-state index contributed by atoms with van der Waals surface area (Å²) in [6.45, 7) is 6.74. The van der Waals surface area contributed by atoms with Crippen molar-refractivity contribution in [1.29, 1.82) is 0 Å². The molecule has 0 heterocycles. The Hall–Kier alpha value is -2.65. The van der Waals surface area contributed by atoms with Gasteiger partial charge in [0.2, 0.25) is 21.8 Å². The van der Waals surface area contributed by atoms with E-state index in [1.165, 1.54) is 42.2 Å². The Bertz CT molecular complexity index is 1140. The van der Waals surface area contributed by atoms with Crippen LogP contribution in [-0.2, 0) is 26.2 Å². The molecule has 186 valence electrons. The molecule has 2 aromatic rings. The van der Waals surface area contributed by atoms with Gasteiger partial charge in [-0.25, -0.2) is 12.8 Å². The normalized spacial score (nSPS) is 12.4. The number of hydrogen-bond acceptors (Lipinski definition) is 4. The molecule has 7 nitrogen and oxygen atoms in total. The number of anilines is 1. The largest absolute Gasteiger partial charge is 0.354 e. The van der Waals surface area contributed by atoms with E-state index in [-0.39, 0.29) is 18.0 Å². The van der Waals surface area contributed by atoms with E-state index in [1.807, 2.05) is 13.8 Å². The lowest BCUT2D eigenvalue weighted by Crippen LogP contribution is -2.51. The van der Waals surface area contributed by atoms with Crippen LogP contribution in [0.25, 0.3) is 0 Å². The Morgan fingerprint density at radius 2 is 1.76 bits per heavy atom. The van der Waals surface area contributed by atoms with Gasteiger partial charge in [0.25, 0.3) is 0 Å². The van der Waals surface area contributed by atoms with Crippen molar-refractivity contribution in [3.05, 3.63) is 64.4 Å². The van der Waals surface area contributed by atoms with Crippen LogP contribution in [0.5, 0.6) is 0 Å². The molecular formula is C24H31ClFN3O4S. The number of halogens is 2. The van der Waals surface area contributed by atoms with Crippen LogP contribution in [0.2, 0.25) is 5.02 Å². The molecule has 1 N–H and O–H groups in total. The second kappa shape index (κ2) is 11.7. The summed E-state index contributed by atoms with van der Waals surface area (Å²) in [6.07, 6.45) is 0.994. The Kier molecular flexibility index (Phi) is 9.46. The molecule has 0 aromatic heterocycles. The molecular weight excluding hydrogens is 481 g/mol. The van der Waals surface area contributed by atoms with Crippen molar-refractivity contribution in [2.45, 2.75) is 40.3 Å². The van der Waals surface area contributed by atoms with Gasteiger partial charge in [0, 0.05) is 23.7 Å². The Balaban J connectivity index is 2.41. The second-order valence-electron chi connectivity index (χ2n) is 8.63. The zero-order valence-corrected chi connectivity index (χ0v) is 21.6. The second-order valence-corrected chi connectivity index (χ2v) is 11.0. The highest BCUT2D eigenvalue weighted by Crippen LogP contribution is 2.26. The van der Waals surface area contributed by atoms with Gasteiger partial charge in [-0.2, -0.15) is 0 Å². The van der Waals surface area contributed by atoms with Crippen molar-refractivity contribution in [2.24, 2.45) is 5.92 Å². The molecule has 0 fully saturated rings. The summed E-state index contributed by atoms with van der Waals surface area (Å²) in [5, 5.41) is 3.20. The number of rotatable bonds is 10. The highest BCUT2D eigenvalue weighted by Gasteiger charge is 2.31. The molecule has 0 aliphatic heterocycles. The number of aryl methyl sites for hydroxylation is 1. The van der Waals surface area contributed by atoms with E-state index in [0.717, 1.165) is 10.6 Å². The molecule has 2 amide bonds. The highest BCUT2D eigenvalue weighted by atomic mass is 35.5. The van der Waals surface area contributed by atoms with Crippen LogP contribution in [0.3, 0.4) is 0 Å². The third-order valence-corrected chi connectivity index (χ3v) is 6.62. The van der Waals surface area contributed by atoms with E-state index >= 15 is 0 Å². The zero-order chi connectivity index (χ0) is 25.6. The molecule has 2 rings (SSSR count). The molecule has 10 heteroatoms. The number of carbonyl (C=O) groups excluding carboxylic acids is 2. The van der Waals surface area contributed by atoms with Crippen LogP contribution in [0.1, 0.15) is 31.9 Å². The lowest BCUT2D eigenvalue weighted by Gasteiger charge is -2.32. The highest BCUT2D eigenvalue weighted by molar-refractivity contribution is 7.92. The molecule has 0 spiro atoms. The number of sulfonamides is 1. The van der Waals surface area contributed by atoms with E-state index in [4.69, 9.17) is 11.6 Å². The fourth-order valence-electron chi connectivity index (χ4n) is 3.34. The number of nitrogens with one attached hydrogen (secondary N) is 1. The van der Waals surface area contributed by atoms with Gasteiger partial charge in [0.15, 0.2) is 0 Å².